The Hall–Kier alpha value is -3.72. The molecule has 2 aromatic carbocycles. The van der Waals surface area contributed by atoms with Crippen LogP contribution in [-0.2, 0) is 23.5 Å². The Kier molecular flexibility index (Phi) is 8.90. The Morgan fingerprint density at radius 2 is 1.57 bits per heavy atom. The first-order valence-corrected chi connectivity index (χ1v) is 12.3. The Bertz CT molecular complexity index is 1310. The van der Waals surface area contributed by atoms with E-state index in [1.807, 2.05) is 4.90 Å². The number of nitrogens with zero attached hydrogens (tertiary/aromatic N) is 3. The van der Waals surface area contributed by atoms with Crippen molar-refractivity contribution in [2.24, 2.45) is 3.72 Å². The molecule has 37 heavy (non-hydrogen) atoms. The van der Waals surface area contributed by atoms with Crippen molar-refractivity contribution in [2.45, 2.75) is 0 Å². The summed E-state index contributed by atoms with van der Waals surface area (Å²) in [6.07, 6.45) is 4.51. The first-order valence-electron chi connectivity index (χ1n) is 11.4. The minimum absolute atomic E-state index is 0.259. The van der Waals surface area contributed by atoms with Crippen LogP contribution in [0.25, 0.3) is 12.2 Å². The molecule has 2 heterocycles. The summed E-state index contributed by atoms with van der Waals surface area (Å²) in [7, 11) is 0. The number of piperidine rings is 1. The molecule has 1 aliphatic rings. The average Bonchev–Trinajstić information content (AvgIpc) is 2.90. The number of benzene rings is 2. The third-order valence-electron chi connectivity index (χ3n) is 5.74. The predicted octanol–water partition coefficient (Wildman–Crippen LogP) is 4.20. The zero-order valence-corrected chi connectivity index (χ0v) is 21.5. The molecule has 3 aromatic rings. The minimum Gasteiger partial charge on any atom is -0.206 e. The molecular formula is C27H23F2N5O2Tc+5. The first-order chi connectivity index (χ1) is 17.9. The van der Waals surface area contributed by atoms with E-state index in [0.717, 1.165) is 0 Å². The molecule has 0 radical (unpaired) electrons. The van der Waals surface area contributed by atoms with E-state index < -0.39 is 11.6 Å². The molecule has 0 spiro atoms. The number of nitrogens with one attached hydrogen (secondary N) is 2. The van der Waals surface area contributed by atoms with Gasteiger partial charge in [0.1, 0.15) is 11.6 Å². The van der Waals surface area contributed by atoms with Crippen molar-refractivity contribution in [3.05, 3.63) is 106 Å². The standard InChI is InChI=1S/C27H23F2N5O2.Tc/c28-23-7-3-1-5-18(23)13-21-16-34(12-11-31-27(36)20-9-10-25(33-30)32-15-20)17-22(26(21)35)14-19-6-2-4-8-24(19)29;/h1-10,13-15H,11-12,16-17H2,(H,31,36)(H,32,33);/q;+5/b21-13+,22-14+;/i;1+1. The van der Waals surface area contributed by atoms with Crippen LogP contribution in [0.4, 0.5) is 14.6 Å². The Labute approximate surface area is 223 Å². The van der Waals surface area contributed by atoms with Gasteiger partial charge in [-0.2, -0.15) is 0 Å². The SMILES string of the molecule is O=C1/C(=C/c2ccccc2F)CN(CCNC(=O)c2ccc(N[N]=[99Tc+5])nc2)C/C1=C\c1ccccc1F. The number of aromatic nitrogens is 1. The smallest absolute Gasteiger partial charge is 0.206 e. The van der Waals surface area contributed by atoms with Crippen LogP contribution in [0.5, 0.6) is 0 Å². The fraction of sp³-hybridized carbons (Fsp3) is 0.148. The quantitative estimate of drug-likeness (QED) is 0.306. The Morgan fingerprint density at radius 3 is 2.08 bits per heavy atom. The van der Waals surface area contributed by atoms with E-state index in [-0.39, 0.29) is 24.8 Å². The van der Waals surface area contributed by atoms with E-state index in [0.29, 0.717) is 46.7 Å². The summed E-state index contributed by atoms with van der Waals surface area (Å²) in [6.45, 7) is 1.25. The molecule has 0 aliphatic carbocycles. The predicted molar refractivity (Wildman–Crippen MR) is 133 cm³/mol. The number of hydrogen-bond acceptors (Lipinski definition) is 6. The van der Waals surface area contributed by atoms with Crippen LogP contribution in [0.3, 0.4) is 0 Å². The fourth-order valence-electron chi connectivity index (χ4n) is 3.89. The molecule has 2 N–H and O–H groups in total. The molecular weight excluding hydrogens is 563 g/mol. The van der Waals surface area contributed by atoms with Crippen LogP contribution in [0, 0.1) is 11.6 Å². The fourth-order valence-corrected chi connectivity index (χ4v) is 4.11. The van der Waals surface area contributed by atoms with Gasteiger partial charge in [-0.05, 0) is 24.3 Å². The zero-order chi connectivity index (χ0) is 26.2. The van der Waals surface area contributed by atoms with Gasteiger partial charge in [-0.25, -0.2) is 8.78 Å². The van der Waals surface area contributed by atoms with Crippen LogP contribution in [-0.4, -0.2) is 47.8 Å². The van der Waals surface area contributed by atoms with Gasteiger partial charge in [0.25, 0.3) is 0 Å². The third-order valence-corrected chi connectivity index (χ3v) is 5.94. The molecule has 0 unspecified atom stereocenters. The van der Waals surface area contributed by atoms with Crippen molar-refractivity contribution < 1.29 is 37.1 Å². The summed E-state index contributed by atoms with van der Waals surface area (Å²) in [4.78, 5) is 31.8. The molecule has 1 aromatic heterocycles. The molecule has 1 aliphatic heterocycles. The van der Waals surface area contributed by atoms with Crippen LogP contribution >= 0.6 is 0 Å². The maximum absolute atomic E-state index is 14.3. The van der Waals surface area contributed by atoms with Crippen LogP contribution in [0.1, 0.15) is 21.5 Å². The van der Waals surface area contributed by atoms with Crippen molar-refractivity contribution in [3.63, 3.8) is 0 Å². The number of anilines is 1. The number of pyridine rings is 1. The van der Waals surface area contributed by atoms with E-state index in [2.05, 4.69) is 19.4 Å². The summed E-state index contributed by atoms with van der Waals surface area (Å²) in [6, 6.07) is 15.7. The first kappa shape index (κ1) is 26.3. The van der Waals surface area contributed by atoms with Crippen molar-refractivity contribution >= 4 is 29.7 Å². The van der Waals surface area contributed by atoms with Gasteiger partial charge in [0.05, 0.1) is 0 Å². The van der Waals surface area contributed by atoms with Gasteiger partial charge >= 0.3 is 110 Å². The van der Waals surface area contributed by atoms with Gasteiger partial charge in [0.15, 0.2) is 5.78 Å². The summed E-state index contributed by atoms with van der Waals surface area (Å²) in [5.41, 5.74) is 4.46. The second-order valence-corrected chi connectivity index (χ2v) is 8.72. The van der Waals surface area contributed by atoms with E-state index in [1.54, 1.807) is 67.2 Å². The van der Waals surface area contributed by atoms with Gasteiger partial charge < -0.3 is 0 Å². The minimum atomic E-state index is -0.436. The molecule has 7 nitrogen and oxygen atoms in total. The normalized spacial score (nSPS) is 16.2. The Morgan fingerprint density at radius 1 is 0.973 bits per heavy atom. The van der Waals surface area contributed by atoms with Crippen molar-refractivity contribution in [3.8, 4) is 0 Å². The zero-order valence-electron chi connectivity index (χ0n) is 19.6. The van der Waals surface area contributed by atoms with Gasteiger partial charge in [0.2, 0.25) is 0 Å². The van der Waals surface area contributed by atoms with Gasteiger partial charge in [0, 0.05) is 22.3 Å². The second kappa shape index (κ2) is 12.5. The maximum atomic E-state index is 14.3. The molecule has 1 amide bonds. The van der Waals surface area contributed by atoms with Gasteiger partial charge in [-0.15, -0.1) is 0 Å². The van der Waals surface area contributed by atoms with E-state index in [9.17, 15) is 18.4 Å². The molecule has 4 rings (SSSR count). The summed E-state index contributed by atoms with van der Waals surface area (Å²) in [5, 5.41) is 2.85. The topological polar surface area (TPSA) is 86.7 Å². The number of carbonyl (C=O) groups excluding carboxylic acids is 2. The number of ketones is 1. The number of carbonyl (C=O) groups is 2. The number of halogens is 2. The molecule has 184 valence electrons. The number of hydrogen-bond donors (Lipinski definition) is 2. The van der Waals surface area contributed by atoms with E-state index >= 15 is 0 Å². The van der Waals surface area contributed by atoms with Crippen LogP contribution < -0.4 is 10.7 Å². The monoisotopic (exact) mass is 586 g/mol. The number of rotatable bonds is 8. The molecule has 0 bridgehead atoms. The number of Topliss-reactive ketones (excluding diaryl/α,β-unsaturated/α-hetero) is 1. The molecule has 10 heteroatoms. The van der Waals surface area contributed by atoms with Crippen molar-refractivity contribution in [1.82, 2.24) is 15.2 Å². The average molecular weight is 586 g/mol. The molecule has 1 saturated heterocycles. The third kappa shape index (κ3) is 6.94. The van der Waals surface area contributed by atoms with Crippen molar-refractivity contribution in [2.75, 3.05) is 31.6 Å². The van der Waals surface area contributed by atoms with Crippen LogP contribution in [0.2, 0.25) is 0 Å². The summed E-state index contributed by atoms with van der Waals surface area (Å²) >= 11 is 1.80. The molecule has 0 atom stereocenters. The van der Waals surface area contributed by atoms with Gasteiger partial charge in [-0.3, -0.25) is 4.79 Å². The Balaban J connectivity index is 1.50. The van der Waals surface area contributed by atoms with E-state index in [4.69, 9.17) is 0 Å². The van der Waals surface area contributed by atoms with Crippen LogP contribution in [0.15, 0.2) is 81.7 Å². The molecule has 1 fully saturated rings. The summed E-state index contributed by atoms with van der Waals surface area (Å²) in [5.74, 6) is -0.900. The second-order valence-electron chi connectivity index (χ2n) is 8.31. The summed E-state index contributed by atoms with van der Waals surface area (Å²) < 4.78 is 32.3. The number of amides is 1. The molecule has 0 saturated carbocycles. The van der Waals surface area contributed by atoms with E-state index in [1.165, 1.54) is 30.5 Å². The van der Waals surface area contributed by atoms with Gasteiger partial charge in [-0.1, -0.05) is 36.4 Å². The number of likely N-dealkylation sites (tertiary alicyclic amines) is 1. The van der Waals surface area contributed by atoms with Crippen molar-refractivity contribution in [1.29, 1.82) is 0 Å².